The number of Topliss-reactive ketones (excluding diaryl/α,β-unsaturated/α-hetero) is 1. The molecule has 42 heavy (non-hydrogen) atoms. The molecule has 1 aliphatic heterocycles. The summed E-state index contributed by atoms with van der Waals surface area (Å²) in [6.07, 6.45) is 9.56. The molecule has 2 aliphatic rings. The Bertz CT molecular complexity index is 1140. The number of nitrogens with zero attached hydrogens (tertiary/aromatic N) is 2. The van der Waals surface area contributed by atoms with Crippen molar-refractivity contribution in [1.82, 2.24) is 31.2 Å². The number of rotatable bonds is 11. The fourth-order valence-corrected chi connectivity index (χ4v) is 5.77. The number of amides is 5. The Kier molecular flexibility index (Phi) is 11.2. The monoisotopic (exact) mass is 582 g/mol. The first-order chi connectivity index (χ1) is 19.9. The van der Waals surface area contributed by atoms with E-state index in [2.05, 4.69) is 32.8 Å². The first-order valence-corrected chi connectivity index (χ1v) is 14.9. The minimum atomic E-state index is -1.06. The zero-order chi connectivity index (χ0) is 30.9. The summed E-state index contributed by atoms with van der Waals surface area (Å²) in [6, 6.07) is 2.56. The van der Waals surface area contributed by atoms with E-state index in [4.69, 9.17) is 0 Å². The van der Waals surface area contributed by atoms with Gasteiger partial charge in [0.1, 0.15) is 12.1 Å². The fourth-order valence-electron chi connectivity index (χ4n) is 5.77. The van der Waals surface area contributed by atoms with Crippen molar-refractivity contribution >= 4 is 29.5 Å². The molecule has 1 aromatic heterocycles. The van der Waals surface area contributed by atoms with Crippen LogP contribution in [0.15, 0.2) is 37.1 Å². The number of carbonyl (C=O) groups is 5. The molecule has 0 bridgehead atoms. The van der Waals surface area contributed by atoms with Crippen LogP contribution < -0.4 is 21.3 Å². The molecule has 0 aromatic carbocycles. The SMILES string of the molecule is C=CCNC(=O)C(=O)C(C)NC(=O)C1CCCN1C(=O)C(NC(=O)NC1(Cc2ccccn2)CCCCC1)C(C)(C)C. The second-order valence-corrected chi connectivity index (χ2v) is 12.5. The highest BCUT2D eigenvalue weighted by molar-refractivity contribution is 6.38. The Balaban J connectivity index is 1.70. The van der Waals surface area contributed by atoms with E-state index < -0.39 is 52.7 Å². The maximum absolute atomic E-state index is 13.9. The third-order valence-corrected chi connectivity index (χ3v) is 8.04. The minimum absolute atomic E-state index is 0.134. The lowest BCUT2D eigenvalue weighted by atomic mass is 9.78. The summed E-state index contributed by atoms with van der Waals surface area (Å²) in [7, 11) is 0. The number of carbonyl (C=O) groups excluding carboxylic acids is 5. The molecular weight excluding hydrogens is 536 g/mol. The topological polar surface area (TPSA) is 150 Å². The molecular formula is C31H46N6O5. The van der Waals surface area contributed by atoms with Crippen LogP contribution >= 0.6 is 0 Å². The number of urea groups is 1. The van der Waals surface area contributed by atoms with Crippen LogP contribution in [-0.4, -0.2) is 76.2 Å². The number of aromatic nitrogens is 1. The van der Waals surface area contributed by atoms with Crippen molar-refractivity contribution in [3.63, 3.8) is 0 Å². The summed E-state index contributed by atoms with van der Waals surface area (Å²) in [4.78, 5) is 70.9. The van der Waals surface area contributed by atoms with E-state index in [1.54, 1.807) is 6.20 Å². The maximum atomic E-state index is 13.9. The number of nitrogens with one attached hydrogen (secondary N) is 4. The van der Waals surface area contributed by atoms with E-state index in [-0.39, 0.29) is 12.5 Å². The summed E-state index contributed by atoms with van der Waals surface area (Å²) in [5.41, 5.74) is -0.204. The van der Waals surface area contributed by atoms with Gasteiger partial charge in [0.2, 0.25) is 17.6 Å². The lowest BCUT2D eigenvalue weighted by molar-refractivity contribution is -0.143. The molecule has 5 amide bonds. The van der Waals surface area contributed by atoms with Gasteiger partial charge in [0, 0.05) is 36.9 Å². The maximum Gasteiger partial charge on any atom is 0.315 e. The Hall–Kier alpha value is -3.76. The first-order valence-electron chi connectivity index (χ1n) is 14.9. The number of ketones is 1. The zero-order valence-corrected chi connectivity index (χ0v) is 25.3. The summed E-state index contributed by atoms with van der Waals surface area (Å²) >= 11 is 0. The average molecular weight is 583 g/mol. The molecule has 11 nitrogen and oxygen atoms in total. The van der Waals surface area contributed by atoms with Crippen molar-refractivity contribution in [3.8, 4) is 0 Å². The number of pyridine rings is 1. The van der Waals surface area contributed by atoms with Crippen LogP contribution in [0.1, 0.15) is 78.3 Å². The quantitative estimate of drug-likeness (QED) is 0.233. The molecule has 0 spiro atoms. The molecule has 230 valence electrons. The Morgan fingerprint density at radius 1 is 1.10 bits per heavy atom. The highest BCUT2D eigenvalue weighted by atomic mass is 16.2. The zero-order valence-electron chi connectivity index (χ0n) is 25.3. The summed E-state index contributed by atoms with van der Waals surface area (Å²) in [5.74, 6) is -2.47. The standard InChI is InChI=1S/C31H46N6O5/c1-6-17-33-27(40)24(38)21(2)34-26(39)23-14-12-19-37(23)28(41)25(30(3,4)5)35-29(42)36-31(15-9-7-10-16-31)20-22-13-8-11-18-32-22/h6,8,11,13,18,21,23,25H,1,7,9-10,12,14-17,19-20H2,2-5H3,(H,33,40)(H,34,39)(H2,35,36,42). The molecule has 3 atom stereocenters. The van der Waals surface area contributed by atoms with Gasteiger partial charge in [0.05, 0.1) is 6.04 Å². The second kappa shape index (κ2) is 14.4. The van der Waals surface area contributed by atoms with Crippen LogP contribution in [0.4, 0.5) is 4.79 Å². The molecule has 2 fully saturated rings. The van der Waals surface area contributed by atoms with E-state index in [9.17, 15) is 24.0 Å². The summed E-state index contributed by atoms with van der Waals surface area (Å²) < 4.78 is 0. The minimum Gasteiger partial charge on any atom is -0.346 e. The van der Waals surface area contributed by atoms with Crippen molar-refractivity contribution in [2.75, 3.05) is 13.1 Å². The van der Waals surface area contributed by atoms with Gasteiger partial charge in [-0.2, -0.15) is 0 Å². The first kappa shape index (κ1) is 32.8. The van der Waals surface area contributed by atoms with E-state index in [1.807, 2.05) is 39.0 Å². The number of likely N-dealkylation sites (tertiary alicyclic amines) is 1. The summed E-state index contributed by atoms with van der Waals surface area (Å²) in [5, 5.41) is 11.1. The molecule has 4 N–H and O–H groups in total. The second-order valence-electron chi connectivity index (χ2n) is 12.5. The molecule has 1 aromatic rings. The van der Waals surface area contributed by atoms with Crippen LogP contribution in [0.25, 0.3) is 0 Å². The molecule has 0 radical (unpaired) electrons. The number of hydrogen-bond donors (Lipinski definition) is 4. The lowest BCUT2D eigenvalue weighted by Crippen LogP contribution is -2.62. The van der Waals surface area contributed by atoms with Crippen molar-refractivity contribution in [3.05, 3.63) is 42.7 Å². The molecule has 3 unspecified atom stereocenters. The van der Waals surface area contributed by atoms with Crippen molar-refractivity contribution in [2.24, 2.45) is 5.41 Å². The molecule has 11 heteroatoms. The molecule has 1 aliphatic carbocycles. The highest BCUT2D eigenvalue weighted by Crippen LogP contribution is 2.31. The molecule has 1 saturated carbocycles. The molecule has 1 saturated heterocycles. The van der Waals surface area contributed by atoms with E-state index >= 15 is 0 Å². The highest BCUT2D eigenvalue weighted by Gasteiger charge is 2.43. The van der Waals surface area contributed by atoms with Gasteiger partial charge in [-0.1, -0.05) is 52.2 Å². The normalized spacial score (nSPS) is 19.6. The fraction of sp³-hybridized carbons (Fsp3) is 0.613. The van der Waals surface area contributed by atoms with Crippen LogP contribution in [-0.2, 0) is 25.6 Å². The molecule has 3 rings (SSSR count). The van der Waals surface area contributed by atoms with Gasteiger partial charge in [0.15, 0.2) is 0 Å². The van der Waals surface area contributed by atoms with Crippen LogP contribution in [0, 0.1) is 5.41 Å². The van der Waals surface area contributed by atoms with Gasteiger partial charge in [-0.15, -0.1) is 6.58 Å². The number of hydrogen-bond acceptors (Lipinski definition) is 6. The Labute approximate surface area is 248 Å². The predicted octanol–water partition coefficient (Wildman–Crippen LogP) is 2.41. The molecule has 2 heterocycles. The van der Waals surface area contributed by atoms with Crippen molar-refractivity contribution in [1.29, 1.82) is 0 Å². The summed E-state index contributed by atoms with van der Waals surface area (Å²) in [6.45, 7) is 11.0. The van der Waals surface area contributed by atoms with Gasteiger partial charge in [0.25, 0.3) is 5.91 Å². The van der Waals surface area contributed by atoms with Crippen molar-refractivity contribution < 1.29 is 24.0 Å². The van der Waals surface area contributed by atoms with E-state index in [0.717, 1.165) is 37.8 Å². The largest absolute Gasteiger partial charge is 0.346 e. The van der Waals surface area contributed by atoms with Crippen LogP contribution in [0.3, 0.4) is 0 Å². The van der Waals surface area contributed by atoms with Gasteiger partial charge in [-0.05, 0) is 50.2 Å². The van der Waals surface area contributed by atoms with Gasteiger partial charge in [-0.25, -0.2) is 4.79 Å². The van der Waals surface area contributed by atoms with Gasteiger partial charge < -0.3 is 26.2 Å². The Morgan fingerprint density at radius 2 is 1.81 bits per heavy atom. The Morgan fingerprint density at radius 3 is 2.43 bits per heavy atom. The van der Waals surface area contributed by atoms with Crippen LogP contribution in [0.2, 0.25) is 0 Å². The smallest absolute Gasteiger partial charge is 0.315 e. The predicted molar refractivity (Wildman–Crippen MR) is 159 cm³/mol. The van der Waals surface area contributed by atoms with E-state index in [0.29, 0.717) is 25.8 Å². The van der Waals surface area contributed by atoms with Gasteiger partial charge in [-0.3, -0.25) is 24.2 Å². The van der Waals surface area contributed by atoms with Gasteiger partial charge >= 0.3 is 6.03 Å². The average Bonchev–Trinajstić information content (AvgIpc) is 3.44. The third kappa shape index (κ3) is 8.62. The third-order valence-electron chi connectivity index (χ3n) is 8.04. The van der Waals surface area contributed by atoms with Crippen molar-refractivity contribution in [2.45, 2.75) is 103 Å². The van der Waals surface area contributed by atoms with Crippen LogP contribution in [0.5, 0.6) is 0 Å². The lowest BCUT2D eigenvalue weighted by Gasteiger charge is -2.40. The van der Waals surface area contributed by atoms with E-state index in [1.165, 1.54) is 17.9 Å².